The molecule has 7 heteroatoms. The second kappa shape index (κ2) is 6.70. The molecule has 0 bridgehead atoms. The second-order valence-electron chi connectivity index (χ2n) is 4.40. The Bertz CT molecular complexity index is 709. The predicted octanol–water partition coefficient (Wildman–Crippen LogP) is 4.16. The Balaban J connectivity index is 2.09. The number of amides is 1. The minimum Gasteiger partial charge on any atom is -0.479 e. The standard InChI is InChI=1S/C15H11ClF3NO2/c1-8(22-12-5-3-2-4-9(12)16)15(21)20-11-7-6-10(17)13(18)14(11)19/h2-8H,1H3,(H,20,21)/t8-/m1/s1. The third-order valence-corrected chi connectivity index (χ3v) is 3.11. The molecule has 3 nitrogen and oxygen atoms in total. The largest absolute Gasteiger partial charge is 0.479 e. The minimum atomic E-state index is -1.66. The summed E-state index contributed by atoms with van der Waals surface area (Å²) in [4.78, 5) is 11.9. The molecule has 1 atom stereocenters. The summed E-state index contributed by atoms with van der Waals surface area (Å²) in [7, 11) is 0. The molecular formula is C15H11ClF3NO2. The normalized spacial score (nSPS) is 11.9. The van der Waals surface area contributed by atoms with Gasteiger partial charge in [-0.2, -0.15) is 0 Å². The van der Waals surface area contributed by atoms with E-state index < -0.39 is 35.2 Å². The molecule has 1 N–H and O–H groups in total. The van der Waals surface area contributed by atoms with Crippen molar-refractivity contribution in [1.82, 2.24) is 0 Å². The zero-order valence-corrected chi connectivity index (χ0v) is 12.1. The van der Waals surface area contributed by atoms with E-state index in [2.05, 4.69) is 5.32 Å². The van der Waals surface area contributed by atoms with Crippen LogP contribution in [0.5, 0.6) is 5.75 Å². The van der Waals surface area contributed by atoms with Crippen LogP contribution in [0.4, 0.5) is 18.9 Å². The third kappa shape index (κ3) is 3.51. The van der Waals surface area contributed by atoms with Gasteiger partial charge in [-0.25, -0.2) is 13.2 Å². The van der Waals surface area contributed by atoms with Gasteiger partial charge < -0.3 is 10.1 Å². The summed E-state index contributed by atoms with van der Waals surface area (Å²) in [6, 6.07) is 8.14. The van der Waals surface area contributed by atoms with Gasteiger partial charge in [0.1, 0.15) is 5.75 Å². The topological polar surface area (TPSA) is 38.3 Å². The Kier molecular flexibility index (Phi) is 4.92. The fourth-order valence-electron chi connectivity index (χ4n) is 1.64. The van der Waals surface area contributed by atoms with Crippen molar-refractivity contribution in [2.24, 2.45) is 0 Å². The Morgan fingerprint density at radius 1 is 1.14 bits per heavy atom. The van der Waals surface area contributed by atoms with E-state index in [1.54, 1.807) is 24.3 Å². The van der Waals surface area contributed by atoms with Gasteiger partial charge in [0, 0.05) is 0 Å². The fourth-order valence-corrected chi connectivity index (χ4v) is 1.82. The van der Waals surface area contributed by atoms with Gasteiger partial charge >= 0.3 is 0 Å². The molecule has 0 saturated heterocycles. The van der Waals surface area contributed by atoms with Crippen LogP contribution in [0.25, 0.3) is 0 Å². The van der Waals surface area contributed by atoms with E-state index in [-0.39, 0.29) is 5.75 Å². The Labute approximate surface area is 129 Å². The first-order valence-electron chi connectivity index (χ1n) is 6.25. The molecule has 0 heterocycles. The van der Waals surface area contributed by atoms with E-state index in [1.807, 2.05) is 0 Å². The maximum Gasteiger partial charge on any atom is 0.265 e. The molecule has 2 rings (SSSR count). The molecule has 0 radical (unpaired) electrons. The molecular weight excluding hydrogens is 319 g/mol. The SMILES string of the molecule is C[C@@H](Oc1ccccc1Cl)C(=O)Nc1ccc(F)c(F)c1F. The highest BCUT2D eigenvalue weighted by Gasteiger charge is 2.20. The Morgan fingerprint density at radius 3 is 2.50 bits per heavy atom. The van der Waals surface area contributed by atoms with Gasteiger partial charge in [0.15, 0.2) is 23.6 Å². The van der Waals surface area contributed by atoms with Gasteiger partial charge in [0.2, 0.25) is 0 Å². The minimum absolute atomic E-state index is 0.276. The second-order valence-corrected chi connectivity index (χ2v) is 4.81. The number of hydrogen-bond donors (Lipinski definition) is 1. The van der Waals surface area contributed by atoms with Crippen molar-refractivity contribution in [1.29, 1.82) is 0 Å². The van der Waals surface area contributed by atoms with Crippen LogP contribution >= 0.6 is 11.6 Å². The molecule has 116 valence electrons. The number of nitrogens with one attached hydrogen (secondary N) is 1. The molecule has 2 aromatic carbocycles. The molecule has 0 aliphatic heterocycles. The first-order valence-corrected chi connectivity index (χ1v) is 6.63. The zero-order chi connectivity index (χ0) is 16.3. The highest BCUT2D eigenvalue weighted by molar-refractivity contribution is 6.32. The maximum absolute atomic E-state index is 13.5. The summed E-state index contributed by atoms with van der Waals surface area (Å²) in [5.74, 6) is -4.92. The maximum atomic E-state index is 13.5. The van der Waals surface area contributed by atoms with Crippen molar-refractivity contribution < 1.29 is 22.7 Å². The number of anilines is 1. The third-order valence-electron chi connectivity index (χ3n) is 2.80. The molecule has 0 aliphatic carbocycles. The molecule has 0 saturated carbocycles. The van der Waals surface area contributed by atoms with E-state index in [1.165, 1.54) is 6.92 Å². The van der Waals surface area contributed by atoms with E-state index in [0.29, 0.717) is 11.1 Å². The van der Waals surface area contributed by atoms with Gasteiger partial charge in [0.25, 0.3) is 5.91 Å². The number of carbonyl (C=O) groups is 1. The van der Waals surface area contributed by atoms with Crippen molar-refractivity contribution >= 4 is 23.2 Å². The summed E-state index contributed by atoms with van der Waals surface area (Å²) < 4.78 is 44.7. The summed E-state index contributed by atoms with van der Waals surface area (Å²) >= 11 is 5.89. The average molecular weight is 330 g/mol. The number of ether oxygens (including phenoxy) is 1. The van der Waals surface area contributed by atoms with Crippen LogP contribution in [0.3, 0.4) is 0 Å². The molecule has 0 fully saturated rings. The van der Waals surface area contributed by atoms with Gasteiger partial charge in [0.05, 0.1) is 10.7 Å². The van der Waals surface area contributed by atoms with Crippen LogP contribution in [-0.2, 0) is 4.79 Å². The summed E-state index contributed by atoms with van der Waals surface area (Å²) in [6.07, 6.45) is -1.02. The summed E-state index contributed by atoms with van der Waals surface area (Å²) in [6.45, 7) is 1.41. The fraction of sp³-hybridized carbons (Fsp3) is 0.133. The van der Waals surface area contributed by atoms with E-state index >= 15 is 0 Å². The van der Waals surface area contributed by atoms with Crippen molar-refractivity contribution in [3.63, 3.8) is 0 Å². The van der Waals surface area contributed by atoms with Gasteiger partial charge in [-0.1, -0.05) is 23.7 Å². The molecule has 2 aromatic rings. The van der Waals surface area contributed by atoms with Gasteiger partial charge in [-0.05, 0) is 31.2 Å². The van der Waals surface area contributed by atoms with Crippen LogP contribution in [0.2, 0.25) is 5.02 Å². The van der Waals surface area contributed by atoms with Crippen LogP contribution in [-0.4, -0.2) is 12.0 Å². The van der Waals surface area contributed by atoms with E-state index in [4.69, 9.17) is 16.3 Å². The van der Waals surface area contributed by atoms with Gasteiger partial charge in [-0.3, -0.25) is 4.79 Å². The van der Waals surface area contributed by atoms with Crippen molar-refractivity contribution in [2.45, 2.75) is 13.0 Å². The Morgan fingerprint density at radius 2 is 1.82 bits per heavy atom. The number of carbonyl (C=O) groups excluding carboxylic acids is 1. The van der Waals surface area contributed by atoms with Crippen molar-refractivity contribution in [3.05, 3.63) is 58.9 Å². The number of halogens is 4. The molecule has 22 heavy (non-hydrogen) atoms. The van der Waals surface area contributed by atoms with Gasteiger partial charge in [-0.15, -0.1) is 0 Å². The highest BCUT2D eigenvalue weighted by atomic mass is 35.5. The number of para-hydroxylation sites is 1. The summed E-state index contributed by atoms with van der Waals surface area (Å²) in [5.41, 5.74) is -0.474. The number of rotatable bonds is 4. The molecule has 0 aromatic heterocycles. The quantitative estimate of drug-likeness (QED) is 0.855. The lowest BCUT2D eigenvalue weighted by molar-refractivity contribution is -0.122. The Hall–Kier alpha value is -2.21. The van der Waals surface area contributed by atoms with Crippen LogP contribution < -0.4 is 10.1 Å². The van der Waals surface area contributed by atoms with Crippen molar-refractivity contribution in [2.75, 3.05) is 5.32 Å². The molecule has 0 aliphatic rings. The molecule has 0 unspecified atom stereocenters. The number of benzene rings is 2. The van der Waals surface area contributed by atoms with Crippen LogP contribution in [0.15, 0.2) is 36.4 Å². The lowest BCUT2D eigenvalue weighted by Crippen LogP contribution is -2.30. The predicted molar refractivity (Wildman–Crippen MR) is 76.5 cm³/mol. The average Bonchev–Trinajstić information content (AvgIpc) is 2.50. The van der Waals surface area contributed by atoms with E-state index in [0.717, 1.165) is 6.07 Å². The highest BCUT2D eigenvalue weighted by Crippen LogP contribution is 2.25. The number of hydrogen-bond acceptors (Lipinski definition) is 2. The molecule has 1 amide bonds. The summed E-state index contributed by atoms with van der Waals surface area (Å²) in [5, 5.41) is 2.44. The lowest BCUT2D eigenvalue weighted by Gasteiger charge is -2.16. The van der Waals surface area contributed by atoms with Crippen LogP contribution in [0, 0.1) is 17.5 Å². The van der Waals surface area contributed by atoms with Crippen LogP contribution in [0.1, 0.15) is 6.92 Å². The molecule has 0 spiro atoms. The smallest absolute Gasteiger partial charge is 0.265 e. The zero-order valence-electron chi connectivity index (χ0n) is 11.4. The van der Waals surface area contributed by atoms with Crippen molar-refractivity contribution in [3.8, 4) is 5.75 Å². The lowest BCUT2D eigenvalue weighted by atomic mass is 10.2. The van der Waals surface area contributed by atoms with E-state index in [9.17, 15) is 18.0 Å². The first kappa shape index (κ1) is 16.2. The monoisotopic (exact) mass is 329 g/mol. The first-order chi connectivity index (χ1) is 10.4.